The molecule has 1 aromatic heterocycles. The quantitative estimate of drug-likeness (QED) is 0.632. The number of nitrogens with one attached hydrogen (secondary N) is 1. The zero-order valence-electron chi connectivity index (χ0n) is 11.7. The second-order valence-electron chi connectivity index (χ2n) is 4.07. The van der Waals surface area contributed by atoms with Crippen LogP contribution in [0.4, 0.5) is 0 Å². The molecule has 3 N–H and O–H groups in total. The average Bonchev–Trinajstić information content (AvgIpc) is 3.00. The molecule has 0 aliphatic carbocycles. The zero-order chi connectivity index (χ0) is 14.5. The maximum absolute atomic E-state index is 5.69. The number of rotatable bonds is 6. The Bertz CT molecular complexity index is 533. The molecule has 0 aliphatic rings. The molecule has 5 nitrogen and oxygen atoms in total. The van der Waals surface area contributed by atoms with Crippen LogP contribution in [0.2, 0.25) is 0 Å². The van der Waals surface area contributed by atoms with Crippen molar-refractivity contribution >= 4 is 11.3 Å². The Hall–Kier alpha value is -1.76. The van der Waals surface area contributed by atoms with Gasteiger partial charge in [-0.2, -0.15) is 0 Å². The fourth-order valence-corrected chi connectivity index (χ4v) is 2.88. The van der Waals surface area contributed by atoms with Gasteiger partial charge >= 0.3 is 0 Å². The molecular weight excluding hydrogens is 276 g/mol. The van der Waals surface area contributed by atoms with Crippen LogP contribution >= 0.6 is 11.3 Å². The number of thiophene rings is 1. The van der Waals surface area contributed by atoms with Gasteiger partial charge in [-0.25, -0.2) is 5.43 Å². The minimum Gasteiger partial charge on any atom is -0.493 e. The highest BCUT2D eigenvalue weighted by molar-refractivity contribution is 7.10. The molecule has 0 amide bonds. The molecule has 0 fully saturated rings. The monoisotopic (exact) mass is 294 g/mol. The van der Waals surface area contributed by atoms with Gasteiger partial charge in [-0.05, 0) is 29.1 Å². The highest BCUT2D eigenvalue weighted by Crippen LogP contribution is 2.41. The summed E-state index contributed by atoms with van der Waals surface area (Å²) in [6.45, 7) is 0. The smallest absolute Gasteiger partial charge is 0.203 e. The van der Waals surface area contributed by atoms with Crippen LogP contribution in [0.3, 0.4) is 0 Å². The van der Waals surface area contributed by atoms with Crippen molar-refractivity contribution in [2.75, 3.05) is 21.3 Å². The van der Waals surface area contributed by atoms with E-state index in [0.717, 1.165) is 10.4 Å². The summed E-state index contributed by atoms with van der Waals surface area (Å²) in [6, 6.07) is 7.68. The van der Waals surface area contributed by atoms with E-state index in [0.29, 0.717) is 17.2 Å². The SMILES string of the molecule is COc1cc(C(NN)c2cccs2)cc(OC)c1OC. The van der Waals surface area contributed by atoms with Crippen molar-refractivity contribution < 1.29 is 14.2 Å². The lowest BCUT2D eigenvalue weighted by Gasteiger charge is -2.19. The Kier molecular flexibility index (Phi) is 4.84. The van der Waals surface area contributed by atoms with Crippen LogP contribution in [-0.2, 0) is 0 Å². The van der Waals surface area contributed by atoms with Crippen molar-refractivity contribution in [1.29, 1.82) is 0 Å². The second-order valence-corrected chi connectivity index (χ2v) is 5.05. The number of hydrogen-bond donors (Lipinski definition) is 2. The average molecular weight is 294 g/mol. The van der Waals surface area contributed by atoms with E-state index in [2.05, 4.69) is 5.43 Å². The van der Waals surface area contributed by atoms with Crippen LogP contribution in [0.25, 0.3) is 0 Å². The topological polar surface area (TPSA) is 65.7 Å². The molecule has 0 saturated carbocycles. The molecule has 0 spiro atoms. The van der Waals surface area contributed by atoms with Crippen LogP contribution in [-0.4, -0.2) is 21.3 Å². The van der Waals surface area contributed by atoms with E-state index in [1.165, 1.54) is 0 Å². The second kappa shape index (κ2) is 6.60. The van der Waals surface area contributed by atoms with E-state index in [-0.39, 0.29) is 6.04 Å². The summed E-state index contributed by atoms with van der Waals surface area (Å²) < 4.78 is 16.0. The van der Waals surface area contributed by atoms with E-state index < -0.39 is 0 Å². The zero-order valence-corrected chi connectivity index (χ0v) is 12.5. The molecule has 0 saturated heterocycles. The summed E-state index contributed by atoms with van der Waals surface area (Å²) in [5.41, 5.74) is 3.77. The number of nitrogens with two attached hydrogens (primary N) is 1. The van der Waals surface area contributed by atoms with Gasteiger partial charge in [0.2, 0.25) is 5.75 Å². The molecule has 0 radical (unpaired) electrons. The van der Waals surface area contributed by atoms with Crippen molar-refractivity contribution in [3.05, 3.63) is 40.1 Å². The highest BCUT2D eigenvalue weighted by atomic mass is 32.1. The lowest BCUT2D eigenvalue weighted by atomic mass is 10.0. The predicted molar refractivity (Wildman–Crippen MR) is 79.6 cm³/mol. The third kappa shape index (κ3) is 2.72. The maximum Gasteiger partial charge on any atom is 0.203 e. The Morgan fingerprint density at radius 3 is 2.15 bits per heavy atom. The number of methoxy groups -OCH3 is 3. The molecule has 6 heteroatoms. The van der Waals surface area contributed by atoms with Gasteiger partial charge in [-0.1, -0.05) is 6.07 Å². The van der Waals surface area contributed by atoms with E-state index in [4.69, 9.17) is 20.1 Å². The van der Waals surface area contributed by atoms with E-state index in [9.17, 15) is 0 Å². The first kappa shape index (κ1) is 14.6. The number of benzene rings is 1. The molecule has 2 rings (SSSR count). The fraction of sp³-hybridized carbons (Fsp3) is 0.286. The Morgan fingerprint density at radius 2 is 1.75 bits per heavy atom. The van der Waals surface area contributed by atoms with Crippen molar-refractivity contribution in [2.45, 2.75) is 6.04 Å². The van der Waals surface area contributed by atoms with Gasteiger partial charge in [0, 0.05) is 4.88 Å². The van der Waals surface area contributed by atoms with Crippen molar-refractivity contribution in [1.82, 2.24) is 5.43 Å². The van der Waals surface area contributed by atoms with Gasteiger partial charge in [0.25, 0.3) is 0 Å². The predicted octanol–water partition coefficient (Wildman–Crippen LogP) is 2.33. The van der Waals surface area contributed by atoms with Gasteiger partial charge in [0.05, 0.1) is 27.4 Å². The van der Waals surface area contributed by atoms with E-state index in [1.807, 2.05) is 29.6 Å². The molecule has 108 valence electrons. The molecule has 2 aromatic rings. The Labute approximate surface area is 122 Å². The minimum atomic E-state index is -0.122. The number of hydrogen-bond acceptors (Lipinski definition) is 6. The lowest BCUT2D eigenvalue weighted by Crippen LogP contribution is -2.28. The van der Waals surface area contributed by atoms with Crippen LogP contribution in [0.5, 0.6) is 17.2 Å². The normalized spacial score (nSPS) is 12.0. The molecule has 1 aromatic carbocycles. The van der Waals surface area contributed by atoms with Crippen LogP contribution < -0.4 is 25.5 Å². The summed E-state index contributed by atoms with van der Waals surface area (Å²) in [7, 11) is 4.77. The van der Waals surface area contributed by atoms with Crippen molar-refractivity contribution in [3.8, 4) is 17.2 Å². The van der Waals surface area contributed by atoms with Crippen LogP contribution in [0.15, 0.2) is 29.6 Å². The van der Waals surface area contributed by atoms with E-state index in [1.54, 1.807) is 32.7 Å². The van der Waals surface area contributed by atoms with Crippen LogP contribution in [0.1, 0.15) is 16.5 Å². The Morgan fingerprint density at radius 1 is 1.10 bits per heavy atom. The molecule has 0 bridgehead atoms. The molecule has 1 atom stereocenters. The Balaban J connectivity index is 2.50. The number of ether oxygens (including phenoxy) is 3. The highest BCUT2D eigenvalue weighted by Gasteiger charge is 2.19. The first-order chi connectivity index (χ1) is 9.74. The minimum absolute atomic E-state index is 0.122. The third-order valence-corrected chi connectivity index (χ3v) is 3.95. The van der Waals surface area contributed by atoms with Gasteiger partial charge in [0.1, 0.15) is 0 Å². The molecule has 20 heavy (non-hydrogen) atoms. The molecule has 1 unspecified atom stereocenters. The summed E-state index contributed by atoms with van der Waals surface area (Å²) >= 11 is 1.63. The van der Waals surface area contributed by atoms with Gasteiger partial charge < -0.3 is 14.2 Å². The van der Waals surface area contributed by atoms with Gasteiger partial charge in [-0.15, -0.1) is 11.3 Å². The summed E-state index contributed by atoms with van der Waals surface area (Å²) in [4.78, 5) is 1.11. The van der Waals surface area contributed by atoms with Gasteiger partial charge in [-0.3, -0.25) is 5.84 Å². The van der Waals surface area contributed by atoms with Crippen molar-refractivity contribution in [2.24, 2.45) is 5.84 Å². The lowest BCUT2D eigenvalue weighted by molar-refractivity contribution is 0.323. The first-order valence-electron chi connectivity index (χ1n) is 6.04. The number of hydrazine groups is 1. The van der Waals surface area contributed by atoms with Crippen LogP contribution in [0, 0.1) is 0 Å². The van der Waals surface area contributed by atoms with E-state index >= 15 is 0 Å². The molecule has 1 heterocycles. The standard InChI is InChI=1S/C14H18N2O3S/c1-17-10-7-9(8-11(18-2)14(10)19-3)13(16-15)12-5-4-6-20-12/h4-8,13,16H,15H2,1-3H3. The summed E-state index contributed by atoms with van der Waals surface area (Å²) in [6.07, 6.45) is 0. The molecular formula is C14H18N2O3S. The van der Waals surface area contributed by atoms with Crippen molar-refractivity contribution in [3.63, 3.8) is 0 Å². The summed E-state index contributed by atoms with van der Waals surface area (Å²) in [5.74, 6) is 7.48. The molecule has 0 aliphatic heterocycles. The summed E-state index contributed by atoms with van der Waals surface area (Å²) in [5, 5.41) is 2.01. The van der Waals surface area contributed by atoms with Gasteiger partial charge in [0.15, 0.2) is 11.5 Å². The fourth-order valence-electron chi connectivity index (χ4n) is 2.07. The first-order valence-corrected chi connectivity index (χ1v) is 6.92. The maximum atomic E-state index is 5.69. The third-order valence-electron chi connectivity index (χ3n) is 3.01. The largest absolute Gasteiger partial charge is 0.493 e.